The van der Waals surface area contributed by atoms with E-state index in [2.05, 4.69) is 74.5 Å². The summed E-state index contributed by atoms with van der Waals surface area (Å²) < 4.78 is 11.3. The summed E-state index contributed by atoms with van der Waals surface area (Å²) in [6.45, 7) is 6.14. The van der Waals surface area contributed by atoms with Crippen molar-refractivity contribution in [2.75, 3.05) is 13.7 Å². The van der Waals surface area contributed by atoms with Crippen molar-refractivity contribution in [1.82, 2.24) is 4.90 Å². The number of carboxylic acids is 1. The van der Waals surface area contributed by atoms with Gasteiger partial charge >= 0.3 is 5.97 Å². The van der Waals surface area contributed by atoms with Crippen molar-refractivity contribution in [2.45, 2.75) is 65.1 Å². The summed E-state index contributed by atoms with van der Waals surface area (Å²) in [7, 11) is 1.64. The van der Waals surface area contributed by atoms with Crippen LogP contribution in [0.4, 0.5) is 0 Å². The molecule has 0 spiro atoms. The Balaban J connectivity index is 1.33. The first-order chi connectivity index (χ1) is 20.0. The summed E-state index contributed by atoms with van der Waals surface area (Å²) in [5.41, 5.74) is 4.73. The van der Waals surface area contributed by atoms with Gasteiger partial charge in [0.1, 0.15) is 18.1 Å². The van der Waals surface area contributed by atoms with Crippen LogP contribution in [0.2, 0.25) is 0 Å². The summed E-state index contributed by atoms with van der Waals surface area (Å²) in [6.07, 6.45) is 4.88. The summed E-state index contributed by atoms with van der Waals surface area (Å²) in [5, 5.41) is 9.45. The summed E-state index contributed by atoms with van der Waals surface area (Å²) in [5.74, 6) is 1.49. The highest BCUT2D eigenvalue weighted by atomic mass is 32.1. The SMILES string of the molecule is CCCC(CCC)c1ccc(OCc2ccc(-c3ccc(CN(CC(=O)O)Cc4ccc(OC)cc4)s3)cc2)cc1. The first-order valence-corrected chi connectivity index (χ1v) is 15.3. The van der Waals surface area contributed by atoms with Crippen LogP contribution in [0.3, 0.4) is 0 Å². The number of hydrogen-bond acceptors (Lipinski definition) is 5. The van der Waals surface area contributed by atoms with E-state index in [1.807, 2.05) is 29.2 Å². The van der Waals surface area contributed by atoms with E-state index >= 15 is 0 Å². The summed E-state index contributed by atoms with van der Waals surface area (Å²) in [6, 6.07) is 29.1. The third-order valence-corrected chi connectivity index (χ3v) is 8.35. The van der Waals surface area contributed by atoms with E-state index < -0.39 is 5.97 Å². The first kappa shape index (κ1) is 30.4. The van der Waals surface area contributed by atoms with Crippen molar-refractivity contribution >= 4 is 17.3 Å². The number of nitrogens with zero attached hydrogens (tertiary/aromatic N) is 1. The fourth-order valence-corrected chi connectivity index (χ4v) is 6.18. The molecule has 0 aliphatic heterocycles. The first-order valence-electron chi connectivity index (χ1n) is 14.4. The monoisotopic (exact) mass is 571 g/mol. The second-order valence-electron chi connectivity index (χ2n) is 10.5. The Morgan fingerprint density at radius 3 is 2.05 bits per heavy atom. The number of benzene rings is 3. The van der Waals surface area contributed by atoms with Crippen molar-refractivity contribution in [2.24, 2.45) is 0 Å². The van der Waals surface area contributed by atoms with E-state index in [0.717, 1.165) is 37.9 Å². The second kappa shape index (κ2) is 15.4. The highest BCUT2D eigenvalue weighted by Crippen LogP contribution is 2.30. The van der Waals surface area contributed by atoms with Gasteiger partial charge in [-0.1, -0.05) is 75.2 Å². The fourth-order valence-electron chi connectivity index (χ4n) is 5.13. The molecule has 0 saturated heterocycles. The lowest BCUT2D eigenvalue weighted by atomic mass is 9.90. The van der Waals surface area contributed by atoms with Crippen LogP contribution >= 0.6 is 11.3 Å². The van der Waals surface area contributed by atoms with Crippen molar-refractivity contribution in [1.29, 1.82) is 0 Å². The van der Waals surface area contributed by atoms with Crippen molar-refractivity contribution < 1.29 is 19.4 Å². The minimum absolute atomic E-state index is 0.0191. The largest absolute Gasteiger partial charge is 0.497 e. The van der Waals surface area contributed by atoms with E-state index in [-0.39, 0.29) is 6.54 Å². The Labute approximate surface area is 248 Å². The number of aliphatic carboxylic acids is 1. The number of carboxylic acid groups (broad SMARTS) is 1. The molecule has 6 heteroatoms. The van der Waals surface area contributed by atoms with Crippen molar-refractivity contribution in [3.05, 3.63) is 106 Å². The topological polar surface area (TPSA) is 59.0 Å². The smallest absolute Gasteiger partial charge is 0.317 e. The predicted octanol–water partition coefficient (Wildman–Crippen LogP) is 8.77. The molecule has 1 heterocycles. The fraction of sp³-hybridized carbons (Fsp3) is 0.343. The maximum atomic E-state index is 11.5. The molecular weight excluding hydrogens is 530 g/mol. The normalized spacial score (nSPS) is 11.2. The van der Waals surface area contributed by atoms with Gasteiger partial charge in [-0.3, -0.25) is 9.69 Å². The van der Waals surface area contributed by atoms with Crippen LogP contribution in [-0.4, -0.2) is 29.6 Å². The molecule has 0 atom stereocenters. The van der Waals surface area contributed by atoms with Gasteiger partial charge in [-0.05, 0) is 77.4 Å². The third-order valence-electron chi connectivity index (χ3n) is 7.23. The van der Waals surface area contributed by atoms with E-state index in [9.17, 15) is 9.90 Å². The van der Waals surface area contributed by atoms with Gasteiger partial charge in [-0.15, -0.1) is 11.3 Å². The zero-order valence-corrected chi connectivity index (χ0v) is 25.2. The van der Waals surface area contributed by atoms with E-state index in [1.54, 1.807) is 18.4 Å². The van der Waals surface area contributed by atoms with Gasteiger partial charge in [-0.25, -0.2) is 0 Å². The standard InChI is InChI=1S/C35H41NO4S/c1-4-6-28(7-5-2)29-14-18-32(19-15-29)40-25-27-8-12-30(13-9-27)34-21-20-33(41-34)23-36(24-35(37)38)22-26-10-16-31(39-3)17-11-26/h8-21,28H,4-7,22-25H2,1-3H3,(H,37,38). The molecule has 0 saturated carbocycles. The molecule has 0 aliphatic rings. The lowest BCUT2D eigenvalue weighted by Gasteiger charge is -2.19. The van der Waals surface area contributed by atoms with Gasteiger partial charge in [0.15, 0.2) is 0 Å². The van der Waals surface area contributed by atoms with Crippen LogP contribution in [-0.2, 0) is 24.5 Å². The molecule has 41 heavy (non-hydrogen) atoms. The summed E-state index contributed by atoms with van der Waals surface area (Å²) in [4.78, 5) is 15.8. The Morgan fingerprint density at radius 2 is 1.44 bits per heavy atom. The van der Waals surface area contributed by atoms with Crippen LogP contribution in [0.1, 0.15) is 67.0 Å². The number of ether oxygens (including phenoxy) is 2. The molecule has 1 aromatic heterocycles. The quantitative estimate of drug-likeness (QED) is 0.146. The number of thiophene rings is 1. The number of hydrogen-bond donors (Lipinski definition) is 1. The Hall–Kier alpha value is -3.61. The average Bonchev–Trinajstić information content (AvgIpc) is 3.45. The Morgan fingerprint density at radius 1 is 0.805 bits per heavy atom. The second-order valence-corrected chi connectivity index (χ2v) is 11.7. The van der Waals surface area contributed by atoms with Gasteiger partial charge in [0.25, 0.3) is 0 Å². The molecule has 0 amide bonds. The molecule has 0 unspecified atom stereocenters. The molecule has 0 fully saturated rings. The molecule has 3 aromatic carbocycles. The minimum atomic E-state index is -0.832. The van der Waals surface area contributed by atoms with Crippen molar-refractivity contribution in [3.8, 4) is 21.9 Å². The van der Waals surface area contributed by atoms with E-state index in [0.29, 0.717) is 25.6 Å². The Bertz CT molecular complexity index is 1340. The lowest BCUT2D eigenvalue weighted by molar-refractivity contribution is -0.138. The molecule has 216 valence electrons. The molecule has 1 N–H and O–H groups in total. The number of methoxy groups -OCH3 is 1. The molecule has 4 rings (SSSR count). The van der Waals surface area contributed by atoms with E-state index in [1.165, 1.54) is 31.2 Å². The third kappa shape index (κ3) is 9.20. The highest BCUT2D eigenvalue weighted by Gasteiger charge is 2.14. The Kier molecular flexibility index (Phi) is 11.4. The lowest BCUT2D eigenvalue weighted by Crippen LogP contribution is -2.28. The zero-order chi connectivity index (χ0) is 29.0. The van der Waals surface area contributed by atoms with Gasteiger partial charge in [0, 0.05) is 22.8 Å². The maximum absolute atomic E-state index is 11.5. The average molecular weight is 572 g/mol. The van der Waals surface area contributed by atoms with Gasteiger partial charge in [-0.2, -0.15) is 0 Å². The molecule has 4 aromatic rings. The number of rotatable bonds is 16. The minimum Gasteiger partial charge on any atom is -0.497 e. The maximum Gasteiger partial charge on any atom is 0.317 e. The zero-order valence-electron chi connectivity index (χ0n) is 24.3. The van der Waals surface area contributed by atoms with Gasteiger partial charge in [0.05, 0.1) is 13.7 Å². The number of carbonyl (C=O) groups is 1. The van der Waals surface area contributed by atoms with Crippen LogP contribution in [0.15, 0.2) is 84.9 Å². The molecule has 5 nitrogen and oxygen atoms in total. The summed E-state index contributed by atoms with van der Waals surface area (Å²) >= 11 is 1.70. The van der Waals surface area contributed by atoms with Gasteiger partial charge in [0.2, 0.25) is 0 Å². The molecule has 0 aliphatic carbocycles. The molecular formula is C35H41NO4S. The highest BCUT2D eigenvalue weighted by molar-refractivity contribution is 7.15. The molecule has 0 radical (unpaired) electrons. The predicted molar refractivity (Wildman–Crippen MR) is 168 cm³/mol. The van der Waals surface area contributed by atoms with Crippen LogP contribution in [0.5, 0.6) is 11.5 Å². The van der Waals surface area contributed by atoms with E-state index in [4.69, 9.17) is 9.47 Å². The van der Waals surface area contributed by atoms with Crippen LogP contribution in [0.25, 0.3) is 10.4 Å². The van der Waals surface area contributed by atoms with Crippen molar-refractivity contribution in [3.63, 3.8) is 0 Å². The molecule has 0 bridgehead atoms. The van der Waals surface area contributed by atoms with Gasteiger partial charge < -0.3 is 14.6 Å². The van der Waals surface area contributed by atoms with Crippen LogP contribution < -0.4 is 9.47 Å². The van der Waals surface area contributed by atoms with Crippen LogP contribution in [0, 0.1) is 0 Å².